The Kier molecular flexibility index (Phi) is 6.79. The molecule has 0 bridgehead atoms. The Hall–Kier alpha value is -2.35. The highest BCUT2D eigenvalue weighted by Gasteiger charge is 2.46. The Bertz CT molecular complexity index is 708. The molecule has 1 aromatic carbocycles. The van der Waals surface area contributed by atoms with Crippen LogP contribution in [0.4, 0.5) is 0 Å². The molecule has 0 fully saturated rings. The van der Waals surface area contributed by atoms with Crippen LogP contribution in [-0.2, 0) is 33.3 Å². The molecule has 0 saturated heterocycles. The summed E-state index contributed by atoms with van der Waals surface area (Å²) in [6.45, 7) is 1.79. The van der Waals surface area contributed by atoms with Crippen LogP contribution in [0, 0.1) is 5.92 Å². The van der Waals surface area contributed by atoms with Crippen LogP contribution < -0.4 is 0 Å². The molecule has 1 heterocycles. The Morgan fingerprint density at radius 1 is 1.15 bits per heavy atom. The van der Waals surface area contributed by atoms with Crippen LogP contribution in [0.25, 0.3) is 0 Å². The van der Waals surface area contributed by atoms with E-state index in [0.29, 0.717) is 5.56 Å². The van der Waals surface area contributed by atoms with Gasteiger partial charge in [0.05, 0.1) is 26.4 Å². The highest BCUT2D eigenvalue weighted by atomic mass is 79.9. The number of Topliss-reactive ketones (excluding diaryl/α,β-unsaturated/α-hetero) is 1. The summed E-state index contributed by atoms with van der Waals surface area (Å²) < 4.78 is 21.1. The molecule has 0 N–H and O–H groups in total. The zero-order valence-electron chi connectivity index (χ0n) is 14.6. The Morgan fingerprint density at radius 3 is 2.23 bits per heavy atom. The minimum atomic E-state index is -1.37. The van der Waals surface area contributed by atoms with Gasteiger partial charge in [-0.2, -0.15) is 0 Å². The minimum absolute atomic E-state index is 0.0169. The van der Waals surface area contributed by atoms with Gasteiger partial charge in [-0.25, -0.2) is 0 Å². The molecule has 7 nitrogen and oxygen atoms in total. The number of carbonyl (C=O) groups excluding carboxylic acids is 3. The van der Waals surface area contributed by atoms with Crippen molar-refractivity contribution in [3.8, 4) is 0 Å². The van der Waals surface area contributed by atoms with E-state index in [1.807, 2.05) is 0 Å². The molecule has 140 valence electrons. The molecular formula is C18H19BrO7. The number of hydrogen-bond acceptors (Lipinski definition) is 7. The topological polar surface area (TPSA) is 88.1 Å². The summed E-state index contributed by atoms with van der Waals surface area (Å²) in [4.78, 5) is 37.2. The number of rotatable bonds is 7. The van der Waals surface area contributed by atoms with Gasteiger partial charge in [-0.15, -0.1) is 0 Å². The summed E-state index contributed by atoms with van der Waals surface area (Å²) in [6.07, 6.45) is 0. The van der Waals surface area contributed by atoms with E-state index in [1.54, 1.807) is 31.2 Å². The highest BCUT2D eigenvalue weighted by molar-refractivity contribution is 9.10. The summed E-state index contributed by atoms with van der Waals surface area (Å²) in [6, 6.07) is 6.90. The SMILES string of the molecule is CCOC1=C(C(c2ccc(Br)cc2)C(C(=O)OC)C(=O)OC)C(=O)CO1. The van der Waals surface area contributed by atoms with Gasteiger partial charge in [0.1, 0.15) is 0 Å². The van der Waals surface area contributed by atoms with E-state index in [9.17, 15) is 14.4 Å². The third-order valence-electron chi connectivity index (χ3n) is 3.91. The maximum absolute atomic E-state index is 12.5. The number of halogens is 1. The number of ketones is 1. The predicted octanol–water partition coefficient (Wildman–Crippen LogP) is 2.34. The number of hydrogen-bond donors (Lipinski definition) is 0. The van der Waals surface area contributed by atoms with Crippen molar-refractivity contribution >= 4 is 33.7 Å². The molecule has 0 amide bonds. The molecular weight excluding hydrogens is 408 g/mol. The van der Waals surface area contributed by atoms with Crippen LogP contribution in [0.15, 0.2) is 40.3 Å². The predicted molar refractivity (Wildman–Crippen MR) is 94.0 cm³/mol. The van der Waals surface area contributed by atoms with E-state index >= 15 is 0 Å². The van der Waals surface area contributed by atoms with Gasteiger partial charge in [-0.3, -0.25) is 14.4 Å². The first-order valence-electron chi connectivity index (χ1n) is 7.88. The Balaban J connectivity index is 2.66. The normalized spacial score (nSPS) is 14.9. The zero-order chi connectivity index (χ0) is 19.3. The van der Waals surface area contributed by atoms with Crippen molar-refractivity contribution in [2.24, 2.45) is 5.92 Å². The molecule has 2 rings (SSSR count). The van der Waals surface area contributed by atoms with Gasteiger partial charge >= 0.3 is 11.9 Å². The van der Waals surface area contributed by atoms with Crippen LogP contribution in [-0.4, -0.2) is 45.2 Å². The van der Waals surface area contributed by atoms with Gasteiger partial charge in [0.15, 0.2) is 12.5 Å². The number of carbonyl (C=O) groups is 3. The zero-order valence-corrected chi connectivity index (χ0v) is 16.2. The lowest BCUT2D eigenvalue weighted by Crippen LogP contribution is -2.34. The molecule has 8 heteroatoms. The fraction of sp³-hybridized carbons (Fsp3) is 0.389. The molecule has 0 aliphatic carbocycles. The second-order valence-corrected chi connectivity index (χ2v) is 6.31. The smallest absolute Gasteiger partial charge is 0.321 e. The van der Waals surface area contributed by atoms with Gasteiger partial charge in [0.25, 0.3) is 5.95 Å². The van der Waals surface area contributed by atoms with Gasteiger partial charge in [-0.1, -0.05) is 28.1 Å². The van der Waals surface area contributed by atoms with Crippen LogP contribution in [0.2, 0.25) is 0 Å². The van der Waals surface area contributed by atoms with Crippen molar-refractivity contribution in [1.82, 2.24) is 0 Å². The molecule has 1 aromatic rings. The van der Waals surface area contributed by atoms with E-state index in [1.165, 1.54) is 14.2 Å². The third-order valence-corrected chi connectivity index (χ3v) is 4.44. The maximum atomic E-state index is 12.5. The maximum Gasteiger partial charge on any atom is 0.321 e. The average molecular weight is 427 g/mol. The van der Waals surface area contributed by atoms with E-state index < -0.39 is 23.8 Å². The molecule has 0 radical (unpaired) electrons. The van der Waals surface area contributed by atoms with Crippen molar-refractivity contribution in [2.45, 2.75) is 12.8 Å². The highest BCUT2D eigenvalue weighted by Crippen LogP contribution is 2.39. The number of ether oxygens (including phenoxy) is 4. The van der Waals surface area contributed by atoms with Crippen LogP contribution >= 0.6 is 15.9 Å². The lowest BCUT2D eigenvalue weighted by atomic mass is 9.79. The fourth-order valence-corrected chi connectivity index (χ4v) is 3.03. The van der Waals surface area contributed by atoms with Gasteiger partial charge in [-0.05, 0) is 24.6 Å². The minimum Gasteiger partial charge on any atom is -0.468 e. The van der Waals surface area contributed by atoms with E-state index in [2.05, 4.69) is 15.9 Å². The standard InChI is InChI=1S/C18H19BrO7/c1-4-25-18-14(12(20)9-26-18)13(10-5-7-11(19)8-6-10)15(16(21)23-2)17(22)24-3/h5-8,13,15H,4,9H2,1-3H3. The fourth-order valence-electron chi connectivity index (χ4n) is 2.77. The lowest BCUT2D eigenvalue weighted by molar-refractivity contribution is -0.159. The van der Waals surface area contributed by atoms with Crippen LogP contribution in [0.5, 0.6) is 0 Å². The monoisotopic (exact) mass is 426 g/mol. The van der Waals surface area contributed by atoms with Crippen molar-refractivity contribution in [3.63, 3.8) is 0 Å². The summed E-state index contributed by atoms with van der Waals surface area (Å²) in [5.74, 6) is -4.30. The second-order valence-electron chi connectivity index (χ2n) is 5.40. The third kappa shape index (κ3) is 4.07. The van der Waals surface area contributed by atoms with Crippen molar-refractivity contribution < 1.29 is 33.3 Å². The molecule has 1 unspecified atom stereocenters. The first-order chi connectivity index (χ1) is 12.4. The number of esters is 2. The molecule has 0 spiro atoms. The first-order valence-corrected chi connectivity index (χ1v) is 8.67. The summed E-state index contributed by atoms with van der Waals surface area (Å²) in [5.41, 5.74) is 0.676. The Morgan fingerprint density at radius 2 is 1.73 bits per heavy atom. The van der Waals surface area contributed by atoms with Crippen LogP contribution in [0.3, 0.4) is 0 Å². The van der Waals surface area contributed by atoms with E-state index in [0.717, 1.165) is 4.47 Å². The average Bonchev–Trinajstić information content (AvgIpc) is 3.00. The second kappa shape index (κ2) is 8.84. The van der Waals surface area contributed by atoms with Crippen molar-refractivity contribution in [1.29, 1.82) is 0 Å². The van der Waals surface area contributed by atoms with Gasteiger partial charge < -0.3 is 18.9 Å². The largest absolute Gasteiger partial charge is 0.468 e. The van der Waals surface area contributed by atoms with Gasteiger partial charge in [0, 0.05) is 10.4 Å². The Labute approximate surface area is 159 Å². The van der Waals surface area contributed by atoms with Crippen LogP contribution in [0.1, 0.15) is 18.4 Å². The number of methoxy groups -OCH3 is 2. The summed E-state index contributed by atoms with van der Waals surface area (Å²) in [7, 11) is 2.34. The molecule has 0 aromatic heterocycles. The first kappa shape index (κ1) is 20.0. The summed E-state index contributed by atoms with van der Waals surface area (Å²) >= 11 is 3.34. The van der Waals surface area contributed by atoms with Crippen molar-refractivity contribution in [3.05, 3.63) is 45.8 Å². The van der Waals surface area contributed by atoms with E-state index in [-0.39, 0.29) is 30.5 Å². The molecule has 26 heavy (non-hydrogen) atoms. The van der Waals surface area contributed by atoms with Crippen molar-refractivity contribution in [2.75, 3.05) is 27.4 Å². The summed E-state index contributed by atoms with van der Waals surface area (Å²) in [5, 5.41) is 0. The van der Waals surface area contributed by atoms with E-state index in [4.69, 9.17) is 18.9 Å². The van der Waals surface area contributed by atoms with Gasteiger partial charge in [0.2, 0.25) is 5.78 Å². The molecule has 1 aliphatic heterocycles. The quantitative estimate of drug-likeness (QED) is 0.488. The molecule has 1 atom stereocenters. The molecule has 0 saturated carbocycles. The number of benzene rings is 1. The molecule has 1 aliphatic rings. The lowest BCUT2D eigenvalue weighted by Gasteiger charge is -2.24.